The Morgan fingerprint density at radius 1 is 1.06 bits per heavy atom. The van der Waals surface area contributed by atoms with E-state index < -0.39 is 10.0 Å². The molecule has 0 radical (unpaired) electrons. The number of aromatic nitrogens is 3. The van der Waals surface area contributed by atoms with E-state index in [1.165, 1.54) is 0 Å². The van der Waals surface area contributed by atoms with Gasteiger partial charge in [-0.15, -0.1) is 21.5 Å². The van der Waals surface area contributed by atoms with Gasteiger partial charge in [-0.05, 0) is 48.9 Å². The van der Waals surface area contributed by atoms with Crippen LogP contribution in [-0.2, 0) is 10.0 Å². The molecule has 0 saturated heterocycles. The molecule has 1 aliphatic carbocycles. The average Bonchev–Trinajstić information content (AvgIpc) is 3.34. The number of aryl methyl sites for hydroxylation is 1. The van der Waals surface area contributed by atoms with Gasteiger partial charge >= 0.3 is 0 Å². The van der Waals surface area contributed by atoms with Crippen molar-refractivity contribution in [2.24, 2.45) is 0 Å². The fourth-order valence-electron chi connectivity index (χ4n) is 3.60. The third-order valence-corrected chi connectivity index (χ3v) is 9.04. The number of hydrogen-bond donors (Lipinski definition) is 1. The molecule has 1 saturated carbocycles. The van der Waals surface area contributed by atoms with Crippen molar-refractivity contribution in [3.05, 3.63) is 83.2 Å². The van der Waals surface area contributed by atoms with E-state index in [0.717, 1.165) is 39.8 Å². The average molecular weight is 497 g/mol. The number of benzene rings is 2. The number of thiophene rings is 1. The molecule has 9 heteroatoms. The van der Waals surface area contributed by atoms with E-state index in [4.69, 9.17) is 0 Å². The Labute approximate surface area is 202 Å². The molecule has 0 aliphatic heterocycles. The summed E-state index contributed by atoms with van der Waals surface area (Å²) in [4.78, 5) is 1.36. The van der Waals surface area contributed by atoms with Crippen molar-refractivity contribution in [1.29, 1.82) is 0 Å². The van der Waals surface area contributed by atoms with Gasteiger partial charge in [0.1, 0.15) is 0 Å². The molecule has 2 heterocycles. The first-order valence-electron chi connectivity index (χ1n) is 10.8. The molecule has 6 nitrogen and oxygen atoms in total. The van der Waals surface area contributed by atoms with Crippen LogP contribution in [0.2, 0.25) is 0 Å². The van der Waals surface area contributed by atoms with Crippen LogP contribution in [0.4, 0.5) is 0 Å². The lowest BCUT2D eigenvalue weighted by Gasteiger charge is -2.18. The van der Waals surface area contributed by atoms with Gasteiger partial charge in [0.05, 0.1) is 15.0 Å². The molecule has 170 valence electrons. The Balaban J connectivity index is 1.42. The SMILES string of the molecule is Cc1ccc(S(=O)(=O)NCC(Sc2nnc(-c3cccs3)n2C2CC2)c2ccccc2)cc1. The van der Waals surface area contributed by atoms with E-state index in [1.54, 1.807) is 35.2 Å². The minimum absolute atomic E-state index is 0.149. The molecule has 0 bridgehead atoms. The predicted molar refractivity (Wildman–Crippen MR) is 133 cm³/mol. The van der Waals surface area contributed by atoms with Crippen molar-refractivity contribution in [2.45, 2.75) is 41.1 Å². The predicted octanol–water partition coefficient (Wildman–Crippen LogP) is 5.46. The van der Waals surface area contributed by atoms with Gasteiger partial charge in [-0.1, -0.05) is 65.9 Å². The highest BCUT2D eigenvalue weighted by Gasteiger charge is 2.32. The summed E-state index contributed by atoms with van der Waals surface area (Å²) in [5, 5.41) is 11.7. The third kappa shape index (κ3) is 5.06. The molecule has 0 amide bonds. The zero-order chi connectivity index (χ0) is 22.8. The normalized spacial score (nSPS) is 14.9. The molecule has 4 aromatic rings. The third-order valence-electron chi connectivity index (χ3n) is 5.53. The molecular formula is C24H24N4O2S3. The van der Waals surface area contributed by atoms with E-state index >= 15 is 0 Å². The monoisotopic (exact) mass is 496 g/mol. The second-order valence-corrected chi connectivity index (χ2v) is 12.0. The first-order valence-corrected chi connectivity index (χ1v) is 14.0. The van der Waals surface area contributed by atoms with Crippen LogP contribution in [0.25, 0.3) is 10.7 Å². The van der Waals surface area contributed by atoms with Gasteiger partial charge in [-0.3, -0.25) is 4.57 Å². The van der Waals surface area contributed by atoms with Crippen LogP contribution in [0.1, 0.15) is 35.3 Å². The Morgan fingerprint density at radius 3 is 2.48 bits per heavy atom. The maximum Gasteiger partial charge on any atom is 0.240 e. The summed E-state index contributed by atoms with van der Waals surface area (Å²) < 4.78 is 30.9. The number of thioether (sulfide) groups is 1. The molecular weight excluding hydrogens is 472 g/mol. The van der Waals surface area contributed by atoms with E-state index in [2.05, 4.69) is 25.6 Å². The first kappa shape index (κ1) is 22.3. The standard InChI is InChI=1S/C24H24N4O2S3/c1-17-9-13-20(14-10-17)33(29,30)25-16-22(18-6-3-2-4-7-18)32-24-27-26-23(21-8-5-15-31-21)28(24)19-11-12-19/h2-10,13-15,19,22,25H,11-12,16H2,1H3. The lowest BCUT2D eigenvalue weighted by molar-refractivity contribution is 0.581. The van der Waals surface area contributed by atoms with Crippen molar-refractivity contribution in [1.82, 2.24) is 19.5 Å². The summed E-state index contributed by atoms with van der Waals surface area (Å²) >= 11 is 3.21. The molecule has 1 aliphatic rings. The summed E-state index contributed by atoms with van der Waals surface area (Å²) in [6.07, 6.45) is 2.22. The summed E-state index contributed by atoms with van der Waals surface area (Å²) in [6, 6.07) is 21.3. The Morgan fingerprint density at radius 2 is 1.82 bits per heavy atom. The van der Waals surface area contributed by atoms with Crippen LogP contribution in [-0.4, -0.2) is 29.7 Å². The highest BCUT2D eigenvalue weighted by molar-refractivity contribution is 7.99. The molecule has 5 rings (SSSR count). The lowest BCUT2D eigenvalue weighted by atomic mass is 10.1. The van der Waals surface area contributed by atoms with Gasteiger partial charge < -0.3 is 0 Å². The number of hydrogen-bond acceptors (Lipinski definition) is 6. The molecule has 1 atom stereocenters. The van der Waals surface area contributed by atoms with E-state index in [1.807, 2.05) is 60.8 Å². The highest BCUT2D eigenvalue weighted by Crippen LogP contribution is 2.44. The maximum absolute atomic E-state index is 12.9. The zero-order valence-electron chi connectivity index (χ0n) is 18.1. The van der Waals surface area contributed by atoms with Gasteiger partial charge in [0, 0.05) is 12.6 Å². The Kier molecular flexibility index (Phi) is 6.38. The largest absolute Gasteiger partial charge is 0.298 e. The van der Waals surface area contributed by atoms with Crippen LogP contribution in [0.5, 0.6) is 0 Å². The smallest absolute Gasteiger partial charge is 0.240 e. The minimum Gasteiger partial charge on any atom is -0.298 e. The van der Waals surface area contributed by atoms with Gasteiger partial charge in [0.25, 0.3) is 0 Å². The van der Waals surface area contributed by atoms with Crippen LogP contribution in [0.15, 0.2) is 82.2 Å². The molecule has 2 aromatic heterocycles. The van der Waals surface area contributed by atoms with E-state index in [0.29, 0.717) is 6.04 Å². The summed E-state index contributed by atoms with van der Waals surface area (Å²) in [5.41, 5.74) is 2.06. The summed E-state index contributed by atoms with van der Waals surface area (Å²) in [6.45, 7) is 2.18. The Bertz CT molecular complexity index is 1310. The number of rotatable bonds is 9. The number of nitrogens with zero attached hydrogens (tertiary/aromatic N) is 3. The van der Waals surface area contributed by atoms with Crippen LogP contribution >= 0.6 is 23.1 Å². The van der Waals surface area contributed by atoms with Crippen molar-refractivity contribution < 1.29 is 8.42 Å². The van der Waals surface area contributed by atoms with E-state index in [-0.39, 0.29) is 16.7 Å². The fraction of sp³-hybridized carbons (Fsp3) is 0.250. The Hall–Kier alpha value is -2.46. The molecule has 33 heavy (non-hydrogen) atoms. The molecule has 1 unspecified atom stereocenters. The quantitative estimate of drug-likeness (QED) is 0.311. The minimum atomic E-state index is -3.62. The van der Waals surface area contributed by atoms with Gasteiger partial charge in [-0.2, -0.15) is 0 Å². The van der Waals surface area contributed by atoms with Crippen LogP contribution in [0.3, 0.4) is 0 Å². The number of nitrogens with one attached hydrogen (secondary N) is 1. The van der Waals surface area contributed by atoms with Crippen LogP contribution < -0.4 is 4.72 Å². The van der Waals surface area contributed by atoms with E-state index in [9.17, 15) is 8.42 Å². The van der Waals surface area contributed by atoms with Gasteiger partial charge in [0.15, 0.2) is 11.0 Å². The highest BCUT2D eigenvalue weighted by atomic mass is 32.2. The maximum atomic E-state index is 12.9. The van der Waals surface area contributed by atoms with Crippen molar-refractivity contribution in [3.8, 4) is 10.7 Å². The topological polar surface area (TPSA) is 76.9 Å². The molecule has 2 aromatic carbocycles. The first-order chi connectivity index (χ1) is 16.0. The molecule has 0 spiro atoms. The van der Waals surface area contributed by atoms with Crippen LogP contribution in [0, 0.1) is 6.92 Å². The number of sulfonamides is 1. The molecule has 1 N–H and O–H groups in total. The van der Waals surface area contributed by atoms with Crippen molar-refractivity contribution in [2.75, 3.05) is 6.54 Å². The van der Waals surface area contributed by atoms with Gasteiger partial charge in [-0.25, -0.2) is 13.1 Å². The zero-order valence-corrected chi connectivity index (χ0v) is 20.5. The van der Waals surface area contributed by atoms with Gasteiger partial charge in [0.2, 0.25) is 10.0 Å². The van der Waals surface area contributed by atoms with Crippen molar-refractivity contribution in [3.63, 3.8) is 0 Å². The summed E-state index contributed by atoms with van der Waals surface area (Å²) in [7, 11) is -3.62. The second kappa shape index (κ2) is 9.42. The van der Waals surface area contributed by atoms with Crippen molar-refractivity contribution >= 4 is 33.1 Å². The summed E-state index contributed by atoms with van der Waals surface area (Å²) in [5.74, 6) is 0.891. The lowest BCUT2D eigenvalue weighted by Crippen LogP contribution is -2.28. The second-order valence-electron chi connectivity index (χ2n) is 8.07. The molecule has 1 fully saturated rings. The fourth-order valence-corrected chi connectivity index (χ4v) is 6.61.